The van der Waals surface area contributed by atoms with Crippen molar-refractivity contribution in [1.82, 2.24) is 0 Å². The normalized spacial score (nSPS) is 15.2. The lowest BCUT2D eigenvalue weighted by Crippen LogP contribution is -2.27. The molecule has 7 nitrogen and oxygen atoms in total. The van der Waals surface area contributed by atoms with Crippen LogP contribution in [0.1, 0.15) is 5.56 Å². The fourth-order valence-electron chi connectivity index (χ4n) is 2.49. The number of imide groups is 1. The number of para-hydroxylation sites is 1. The number of nitrogens with zero attached hydrogens (tertiary/aromatic N) is 1. The van der Waals surface area contributed by atoms with Crippen molar-refractivity contribution < 1.29 is 29.0 Å². The summed E-state index contributed by atoms with van der Waals surface area (Å²) in [5, 5.41) is 8.57. The number of hydrogen-bond donors (Lipinski definition) is 1. The van der Waals surface area contributed by atoms with E-state index in [4.69, 9.17) is 26.2 Å². The molecule has 2 aromatic rings. The first kappa shape index (κ1) is 19.8. The number of aliphatic carboxylic acids is 1. The highest BCUT2D eigenvalue weighted by molar-refractivity contribution is 8.19. The maximum atomic E-state index is 12.7. The first-order valence-corrected chi connectivity index (χ1v) is 9.15. The third-order valence-corrected chi connectivity index (χ3v) is 4.91. The van der Waals surface area contributed by atoms with Gasteiger partial charge < -0.3 is 14.6 Å². The van der Waals surface area contributed by atoms with E-state index in [0.29, 0.717) is 22.0 Å². The highest BCUT2D eigenvalue weighted by atomic mass is 35.5. The van der Waals surface area contributed by atoms with Gasteiger partial charge in [0.25, 0.3) is 11.1 Å². The van der Waals surface area contributed by atoms with E-state index in [0.717, 1.165) is 16.7 Å². The molecule has 0 bridgehead atoms. The molecule has 2 aromatic carbocycles. The molecule has 0 atom stereocenters. The van der Waals surface area contributed by atoms with Gasteiger partial charge in [-0.3, -0.25) is 9.59 Å². The Hall–Kier alpha value is -2.97. The highest BCUT2D eigenvalue weighted by Crippen LogP contribution is 2.39. The monoisotopic (exact) mass is 419 g/mol. The quantitative estimate of drug-likeness (QED) is 0.706. The third kappa shape index (κ3) is 4.13. The zero-order chi connectivity index (χ0) is 20.3. The summed E-state index contributed by atoms with van der Waals surface area (Å²) in [6.45, 7) is -0.508. The molecule has 0 aromatic heterocycles. The average Bonchev–Trinajstić information content (AvgIpc) is 2.94. The fourth-order valence-corrected chi connectivity index (χ4v) is 3.55. The average molecular weight is 420 g/mol. The van der Waals surface area contributed by atoms with E-state index in [1.54, 1.807) is 42.5 Å². The van der Waals surface area contributed by atoms with Gasteiger partial charge in [-0.05, 0) is 47.7 Å². The highest BCUT2D eigenvalue weighted by Gasteiger charge is 2.37. The van der Waals surface area contributed by atoms with Crippen molar-refractivity contribution in [3.05, 3.63) is 58.0 Å². The van der Waals surface area contributed by atoms with Crippen molar-refractivity contribution in [2.24, 2.45) is 0 Å². The molecule has 9 heteroatoms. The van der Waals surface area contributed by atoms with Gasteiger partial charge in [0, 0.05) is 0 Å². The summed E-state index contributed by atoms with van der Waals surface area (Å²) in [4.78, 5) is 36.9. The van der Waals surface area contributed by atoms with Crippen LogP contribution in [-0.2, 0) is 9.59 Å². The Morgan fingerprint density at radius 3 is 2.64 bits per heavy atom. The molecule has 28 heavy (non-hydrogen) atoms. The van der Waals surface area contributed by atoms with Crippen molar-refractivity contribution in [3.8, 4) is 11.5 Å². The van der Waals surface area contributed by atoms with Gasteiger partial charge in [-0.25, -0.2) is 9.69 Å². The summed E-state index contributed by atoms with van der Waals surface area (Å²) in [5.41, 5.74) is 0.911. The number of thioether (sulfide) groups is 1. The fraction of sp³-hybridized carbons (Fsp3) is 0.105. The van der Waals surface area contributed by atoms with Crippen LogP contribution in [0.15, 0.2) is 47.4 Å². The Morgan fingerprint density at radius 2 is 1.96 bits per heavy atom. The van der Waals surface area contributed by atoms with Gasteiger partial charge in [-0.1, -0.05) is 29.8 Å². The standard InChI is InChI=1S/C19H14ClNO6S/c1-26-15-8-11(6-7-14(15)27-10-17(22)23)9-16-18(24)21(19(25)28-16)13-5-3-2-4-12(13)20/h2-9H,10H2,1H3,(H,22,23)/b16-9-. The second-order valence-corrected chi connectivity index (χ2v) is 6.96. The number of rotatable bonds is 6. The zero-order valence-electron chi connectivity index (χ0n) is 14.5. The van der Waals surface area contributed by atoms with Gasteiger partial charge in [0.15, 0.2) is 18.1 Å². The largest absolute Gasteiger partial charge is 0.493 e. The molecule has 1 fully saturated rings. The number of amides is 2. The maximum absolute atomic E-state index is 12.7. The summed E-state index contributed by atoms with van der Waals surface area (Å²) < 4.78 is 10.3. The molecule has 3 rings (SSSR count). The first-order chi connectivity index (χ1) is 13.4. The van der Waals surface area contributed by atoms with E-state index >= 15 is 0 Å². The Balaban J connectivity index is 1.88. The van der Waals surface area contributed by atoms with Crippen molar-refractivity contribution in [2.75, 3.05) is 18.6 Å². The molecule has 1 N–H and O–H groups in total. The van der Waals surface area contributed by atoms with E-state index in [9.17, 15) is 14.4 Å². The summed E-state index contributed by atoms with van der Waals surface area (Å²) in [6.07, 6.45) is 1.55. The lowest BCUT2D eigenvalue weighted by Gasteiger charge is -2.13. The number of halogens is 1. The minimum Gasteiger partial charge on any atom is -0.493 e. The number of methoxy groups -OCH3 is 1. The molecule has 0 aliphatic carbocycles. The lowest BCUT2D eigenvalue weighted by atomic mass is 10.2. The van der Waals surface area contributed by atoms with Crippen LogP contribution in [0.5, 0.6) is 11.5 Å². The van der Waals surface area contributed by atoms with E-state index in [-0.39, 0.29) is 10.7 Å². The number of anilines is 1. The number of carboxylic acids is 1. The van der Waals surface area contributed by atoms with Gasteiger partial charge >= 0.3 is 5.97 Å². The molecular weight excluding hydrogens is 406 g/mol. The summed E-state index contributed by atoms with van der Waals surface area (Å²) in [6, 6.07) is 11.3. The van der Waals surface area contributed by atoms with Gasteiger partial charge in [-0.2, -0.15) is 0 Å². The predicted molar refractivity (Wildman–Crippen MR) is 106 cm³/mol. The maximum Gasteiger partial charge on any atom is 0.341 e. The van der Waals surface area contributed by atoms with E-state index in [1.807, 2.05) is 0 Å². The van der Waals surface area contributed by atoms with Gasteiger partial charge in [-0.15, -0.1) is 0 Å². The van der Waals surface area contributed by atoms with Crippen LogP contribution in [0.4, 0.5) is 10.5 Å². The number of carbonyl (C=O) groups excluding carboxylic acids is 2. The van der Waals surface area contributed by atoms with Crippen LogP contribution in [0.3, 0.4) is 0 Å². The number of carbonyl (C=O) groups is 3. The molecule has 144 valence electrons. The van der Waals surface area contributed by atoms with Crippen LogP contribution in [0.2, 0.25) is 5.02 Å². The summed E-state index contributed by atoms with van der Waals surface area (Å²) in [5.74, 6) is -1.03. The van der Waals surface area contributed by atoms with E-state index in [1.165, 1.54) is 13.2 Å². The number of benzene rings is 2. The minimum absolute atomic E-state index is 0.228. The molecule has 1 heterocycles. The SMILES string of the molecule is COc1cc(/C=C2\SC(=O)N(c3ccccc3Cl)C2=O)ccc1OCC(=O)O. The zero-order valence-corrected chi connectivity index (χ0v) is 16.1. The van der Waals surface area contributed by atoms with Crippen LogP contribution < -0.4 is 14.4 Å². The third-order valence-electron chi connectivity index (χ3n) is 3.72. The van der Waals surface area contributed by atoms with Crippen molar-refractivity contribution in [3.63, 3.8) is 0 Å². The second-order valence-electron chi connectivity index (χ2n) is 5.56. The lowest BCUT2D eigenvalue weighted by molar-refractivity contribution is -0.139. The summed E-state index contributed by atoms with van der Waals surface area (Å²) in [7, 11) is 1.41. The Morgan fingerprint density at radius 1 is 1.21 bits per heavy atom. The molecule has 0 spiro atoms. The molecular formula is C19H14ClNO6S. The van der Waals surface area contributed by atoms with Gasteiger partial charge in [0.2, 0.25) is 0 Å². The van der Waals surface area contributed by atoms with E-state index in [2.05, 4.69) is 0 Å². The molecule has 1 saturated heterocycles. The van der Waals surface area contributed by atoms with Gasteiger partial charge in [0.05, 0.1) is 22.7 Å². The molecule has 0 radical (unpaired) electrons. The number of hydrogen-bond acceptors (Lipinski definition) is 6. The molecule has 2 amide bonds. The Labute approximate surface area is 169 Å². The van der Waals surface area contributed by atoms with Gasteiger partial charge in [0.1, 0.15) is 0 Å². The second kappa shape index (κ2) is 8.37. The van der Waals surface area contributed by atoms with Crippen molar-refractivity contribution in [1.29, 1.82) is 0 Å². The molecule has 1 aliphatic rings. The minimum atomic E-state index is -1.11. The van der Waals surface area contributed by atoms with Crippen LogP contribution in [-0.4, -0.2) is 35.9 Å². The van der Waals surface area contributed by atoms with Crippen molar-refractivity contribution in [2.45, 2.75) is 0 Å². The Kier molecular flexibility index (Phi) is 5.91. The first-order valence-electron chi connectivity index (χ1n) is 7.96. The topological polar surface area (TPSA) is 93.1 Å². The smallest absolute Gasteiger partial charge is 0.341 e. The molecule has 1 aliphatic heterocycles. The molecule has 0 unspecified atom stereocenters. The van der Waals surface area contributed by atoms with Crippen LogP contribution in [0, 0.1) is 0 Å². The van der Waals surface area contributed by atoms with E-state index < -0.39 is 23.7 Å². The van der Waals surface area contributed by atoms with Crippen LogP contribution >= 0.6 is 23.4 Å². The Bertz CT molecular complexity index is 990. The number of ether oxygens (including phenoxy) is 2. The predicted octanol–water partition coefficient (Wildman–Crippen LogP) is 4.05. The summed E-state index contributed by atoms with van der Waals surface area (Å²) >= 11 is 6.91. The van der Waals surface area contributed by atoms with Crippen LogP contribution in [0.25, 0.3) is 6.08 Å². The van der Waals surface area contributed by atoms with Crippen molar-refractivity contribution >= 4 is 52.2 Å². The molecule has 0 saturated carbocycles. The number of carboxylic acid groups (broad SMARTS) is 1.